The number of carbonyl (C=O) groups is 1. The van der Waals surface area contributed by atoms with Crippen LogP contribution in [-0.2, 0) is 6.54 Å². The molecular weight excluding hydrogens is 371 g/mol. The second-order valence-electron chi connectivity index (χ2n) is 5.57. The Morgan fingerprint density at radius 2 is 1.93 bits per heavy atom. The normalized spacial score (nSPS) is 10.3. The van der Waals surface area contributed by atoms with Gasteiger partial charge in [0.2, 0.25) is 0 Å². The maximum Gasteiger partial charge on any atom is 0.274 e. The summed E-state index contributed by atoms with van der Waals surface area (Å²) < 4.78 is 18.3. The van der Waals surface area contributed by atoms with Crippen molar-refractivity contribution in [1.29, 1.82) is 0 Å². The molecule has 1 heterocycles. The number of hydrogen-bond acceptors (Lipinski definition) is 5. The second-order valence-corrected chi connectivity index (χ2v) is 5.98. The summed E-state index contributed by atoms with van der Waals surface area (Å²) >= 11 is 5.72. The summed E-state index contributed by atoms with van der Waals surface area (Å²) in [6, 6.07) is 13.1. The van der Waals surface area contributed by atoms with E-state index < -0.39 is 11.7 Å². The smallest absolute Gasteiger partial charge is 0.274 e. The van der Waals surface area contributed by atoms with Crippen molar-refractivity contribution in [3.8, 4) is 5.75 Å². The lowest BCUT2D eigenvalue weighted by atomic mass is 10.2. The van der Waals surface area contributed by atoms with Crippen LogP contribution < -0.4 is 15.4 Å². The third-order valence-electron chi connectivity index (χ3n) is 3.71. The summed E-state index contributed by atoms with van der Waals surface area (Å²) in [7, 11) is 1.61. The Morgan fingerprint density at radius 1 is 1.15 bits per heavy atom. The molecule has 8 heteroatoms. The van der Waals surface area contributed by atoms with Crippen molar-refractivity contribution in [1.82, 2.24) is 9.97 Å². The molecule has 1 amide bonds. The van der Waals surface area contributed by atoms with E-state index in [0.29, 0.717) is 18.1 Å². The van der Waals surface area contributed by atoms with Gasteiger partial charge in [0, 0.05) is 18.3 Å². The number of nitrogens with one attached hydrogen (secondary N) is 2. The number of benzene rings is 2. The van der Waals surface area contributed by atoms with Crippen LogP contribution in [-0.4, -0.2) is 23.0 Å². The summed E-state index contributed by atoms with van der Waals surface area (Å²) in [5.74, 6) is 0.276. The zero-order valence-electron chi connectivity index (χ0n) is 14.4. The van der Waals surface area contributed by atoms with Crippen LogP contribution >= 0.6 is 11.6 Å². The Hall–Kier alpha value is -3.19. The number of ether oxygens (including phenoxy) is 1. The molecule has 3 rings (SSSR count). The lowest BCUT2D eigenvalue weighted by Crippen LogP contribution is -2.14. The fourth-order valence-electron chi connectivity index (χ4n) is 2.28. The number of amides is 1. The number of rotatable bonds is 6. The number of hydrogen-bond donors (Lipinski definition) is 2. The predicted octanol–water partition coefficient (Wildman–Crippen LogP) is 4.14. The van der Waals surface area contributed by atoms with E-state index in [9.17, 15) is 9.18 Å². The van der Waals surface area contributed by atoms with Crippen LogP contribution in [0.4, 0.5) is 15.9 Å². The van der Waals surface area contributed by atoms with E-state index in [-0.39, 0.29) is 10.7 Å². The molecule has 0 bridgehead atoms. The van der Waals surface area contributed by atoms with Crippen molar-refractivity contribution in [3.63, 3.8) is 0 Å². The van der Waals surface area contributed by atoms with Crippen LogP contribution in [0, 0.1) is 5.82 Å². The standard InChI is InChI=1S/C19H16ClFN4O2/c1-27-14-5-2-12(3-6-14)10-22-18-9-17(23-11-24-18)19(26)25-13-4-7-16(21)15(20)8-13/h2-9,11H,10H2,1H3,(H,25,26)(H,22,23,24). The highest BCUT2D eigenvalue weighted by atomic mass is 35.5. The Bertz CT molecular complexity index is 951. The van der Waals surface area contributed by atoms with Gasteiger partial charge in [-0.2, -0.15) is 0 Å². The number of carbonyl (C=O) groups excluding carboxylic acids is 1. The minimum atomic E-state index is -0.554. The van der Waals surface area contributed by atoms with Crippen molar-refractivity contribution in [2.45, 2.75) is 6.54 Å². The van der Waals surface area contributed by atoms with E-state index in [1.807, 2.05) is 24.3 Å². The van der Waals surface area contributed by atoms with E-state index >= 15 is 0 Å². The lowest BCUT2D eigenvalue weighted by molar-refractivity contribution is 0.102. The summed E-state index contributed by atoms with van der Waals surface area (Å²) in [6.45, 7) is 0.523. The molecule has 0 aliphatic heterocycles. The van der Waals surface area contributed by atoms with E-state index in [0.717, 1.165) is 11.3 Å². The highest BCUT2D eigenvalue weighted by molar-refractivity contribution is 6.31. The average molecular weight is 387 g/mol. The Balaban J connectivity index is 1.65. The molecule has 2 N–H and O–H groups in total. The fraction of sp³-hybridized carbons (Fsp3) is 0.105. The highest BCUT2D eigenvalue weighted by Gasteiger charge is 2.10. The molecule has 0 aliphatic carbocycles. The maximum atomic E-state index is 13.2. The minimum absolute atomic E-state index is 0.0719. The van der Waals surface area contributed by atoms with Crippen molar-refractivity contribution in [2.75, 3.05) is 17.7 Å². The van der Waals surface area contributed by atoms with Crippen LogP contribution in [0.2, 0.25) is 5.02 Å². The SMILES string of the molecule is COc1ccc(CNc2cc(C(=O)Nc3ccc(F)c(Cl)c3)ncn2)cc1. The molecule has 0 radical (unpaired) electrons. The molecule has 138 valence electrons. The topological polar surface area (TPSA) is 76.1 Å². The molecule has 3 aromatic rings. The molecule has 6 nitrogen and oxygen atoms in total. The molecule has 27 heavy (non-hydrogen) atoms. The van der Waals surface area contributed by atoms with Gasteiger partial charge < -0.3 is 15.4 Å². The first kappa shape index (κ1) is 18.6. The molecule has 0 saturated carbocycles. The lowest BCUT2D eigenvalue weighted by Gasteiger charge is -2.09. The largest absolute Gasteiger partial charge is 0.497 e. The van der Waals surface area contributed by atoms with Gasteiger partial charge in [-0.05, 0) is 35.9 Å². The molecule has 0 saturated heterocycles. The van der Waals surface area contributed by atoms with Crippen LogP contribution in [0.15, 0.2) is 54.9 Å². The predicted molar refractivity (Wildman–Crippen MR) is 102 cm³/mol. The molecule has 0 aliphatic rings. The maximum absolute atomic E-state index is 13.2. The van der Waals surface area contributed by atoms with Crippen LogP contribution in [0.3, 0.4) is 0 Å². The number of aromatic nitrogens is 2. The van der Waals surface area contributed by atoms with Crippen LogP contribution in [0.5, 0.6) is 5.75 Å². The van der Waals surface area contributed by atoms with Gasteiger partial charge in [-0.15, -0.1) is 0 Å². The van der Waals surface area contributed by atoms with E-state index in [4.69, 9.17) is 16.3 Å². The first-order chi connectivity index (χ1) is 13.0. The van der Waals surface area contributed by atoms with E-state index in [1.165, 1.54) is 30.6 Å². The molecule has 0 atom stereocenters. The Labute approximate surface area is 160 Å². The fourth-order valence-corrected chi connectivity index (χ4v) is 2.46. The van der Waals surface area contributed by atoms with E-state index in [1.54, 1.807) is 7.11 Å². The van der Waals surface area contributed by atoms with Gasteiger partial charge in [-0.3, -0.25) is 4.79 Å². The first-order valence-corrected chi connectivity index (χ1v) is 8.38. The molecule has 1 aromatic heterocycles. The van der Waals surface area contributed by atoms with Crippen molar-refractivity contribution < 1.29 is 13.9 Å². The quantitative estimate of drug-likeness (QED) is 0.665. The van der Waals surface area contributed by atoms with Gasteiger partial charge in [0.15, 0.2) is 0 Å². The molecule has 2 aromatic carbocycles. The Kier molecular flexibility index (Phi) is 5.83. The van der Waals surface area contributed by atoms with Crippen molar-refractivity contribution in [2.24, 2.45) is 0 Å². The van der Waals surface area contributed by atoms with Crippen molar-refractivity contribution in [3.05, 3.63) is 77.0 Å². The third kappa shape index (κ3) is 4.92. The molecule has 0 fully saturated rings. The first-order valence-electron chi connectivity index (χ1n) is 8.00. The highest BCUT2D eigenvalue weighted by Crippen LogP contribution is 2.20. The average Bonchev–Trinajstić information content (AvgIpc) is 2.70. The summed E-state index contributed by atoms with van der Waals surface area (Å²) in [4.78, 5) is 20.4. The van der Waals surface area contributed by atoms with Gasteiger partial charge in [0.05, 0.1) is 12.1 Å². The van der Waals surface area contributed by atoms with Gasteiger partial charge >= 0.3 is 0 Å². The van der Waals surface area contributed by atoms with Gasteiger partial charge in [-0.25, -0.2) is 14.4 Å². The summed E-state index contributed by atoms with van der Waals surface area (Å²) in [5.41, 5.74) is 1.57. The monoisotopic (exact) mass is 386 g/mol. The van der Waals surface area contributed by atoms with Crippen LogP contribution in [0.1, 0.15) is 16.1 Å². The summed E-state index contributed by atoms with van der Waals surface area (Å²) in [5, 5.41) is 5.68. The molecular formula is C19H16ClFN4O2. The van der Waals surface area contributed by atoms with Gasteiger partial charge in [-0.1, -0.05) is 23.7 Å². The second kappa shape index (κ2) is 8.46. The van der Waals surface area contributed by atoms with Gasteiger partial charge in [0.25, 0.3) is 5.91 Å². The zero-order valence-corrected chi connectivity index (χ0v) is 15.1. The zero-order chi connectivity index (χ0) is 19.2. The number of halogens is 2. The minimum Gasteiger partial charge on any atom is -0.497 e. The number of nitrogens with zero attached hydrogens (tertiary/aromatic N) is 2. The molecule has 0 unspecified atom stereocenters. The van der Waals surface area contributed by atoms with Crippen molar-refractivity contribution >= 4 is 29.0 Å². The summed E-state index contributed by atoms with van der Waals surface area (Å²) in [6.07, 6.45) is 1.29. The van der Waals surface area contributed by atoms with Crippen LogP contribution in [0.25, 0.3) is 0 Å². The van der Waals surface area contributed by atoms with E-state index in [2.05, 4.69) is 20.6 Å². The van der Waals surface area contributed by atoms with Gasteiger partial charge in [0.1, 0.15) is 29.4 Å². The molecule has 0 spiro atoms. The number of methoxy groups -OCH3 is 1. The Morgan fingerprint density at radius 3 is 2.63 bits per heavy atom. The third-order valence-corrected chi connectivity index (χ3v) is 4.00. The number of anilines is 2.